The number of nitrogens with zero attached hydrogens (tertiary/aromatic N) is 3. The molecule has 2 aromatic rings. The number of hydrogen-bond acceptors (Lipinski definition) is 4. The minimum absolute atomic E-state index is 0.237. The van der Waals surface area contributed by atoms with Gasteiger partial charge in [-0.25, -0.2) is 4.98 Å². The van der Waals surface area contributed by atoms with E-state index in [9.17, 15) is 0 Å². The van der Waals surface area contributed by atoms with Crippen LogP contribution in [0.25, 0.3) is 11.0 Å². The number of nitrogens with one attached hydrogen (secondary N) is 1. The predicted octanol–water partition coefficient (Wildman–Crippen LogP) is 2.11. The first-order valence-electron chi connectivity index (χ1n) is 4.33. The number of anilines is 1. The van der Waals surface area contributed by atoms with Crippen molar-refractivity contribution in [1.29, 1.82) is 0 Å². The lowest BCUT2D eigenvalue weighted by molar-refractivity contribution is 1.13. The average molecular weight is 209 g/mol. The van der Waals surface area contributed by atoms with Crippen LogP contribution in [0.3, 0.4) is 0 Å². The van der Waals surface area contributed by atoms with E-state index in [-0.39, 0.29) is 5.28 Å². The van der Waals surface area contributed by atoms with Gasteiger partial charge in [-0.1, -0.05) is 0 Å². The van der Waals surface area contributed by atoms with E-state index in [1.165, 1.54) is 0 Å². The van der Waals surface area contributed by atoms with Gasteiger partial charge in [0, 0.05) is 12.7 Å². The Morgan fingerprint density at radius 1 is 1.43 bits per heavy atom. The first-order chi connectivity index (χ1) is 6.81. The molecule has 0 saturated heterocycles. The van der Waals surface area contributed by atoms with E-state index in [1.807, 2.05) is 19.1 Å². The van der Waals surface area contributed by atoms with Crippen molar-refractivity contribution in [2.24, 2.45) is 0 Å². The Morgan fingerprint density at radius 3 is 3.07 bits per heavy atom. The summed E-state index contributed by atoms with van der Waals surface area (Å²) < 4.78 is 0. The molecule has 5 heteroatoms. The van der Waals surface area contributed by atoms with Crippen molar-refractivity contribution < 1.29 is 0 Å². The number of rotatable bonds is 2. The van der Waals surface area contributed by atoms with Crippen LogP contribution < -0.4 is 5.32 Å². The third kappa shape index (κ3) is 1.61. The maximum absolute atomic E-state index is 5.77. The molecule has 0 spiro atoms. The lowest BCUT2D eigenvalue weighted by Gasteiger charge is -2.05. The van der Waals surface area contributed by atoms with Crippen LogP contribution in [0.4, 0.5) is 5.82 Å². The molecule has 0 radical (unpaired) electrons. The van der Waals surface area contributed by atoms with Gasteiger partial charge in [-0.3, -0.25) is 4.98 Å². The van der Waals surface area contributed by atoms with Crippen LogP contribution >= 0.6 is 11.6 Å². The van der Waals surface area contributed by atoms with Crippen LogP contribution in [-0.2, 0) is 0 Å². The van der Waals surface area contributed by atoms with Crippen molar-refractivity contribution in [2.45, 2.75) is 6.92 Å². The van der Waals surface area contributed by atoms with Crippen molar-refractivity contribution in [2.75, 3.05) is 11.9 Å². The van der Waals surface area contributed by atoms with Gasteiger partial charge in [0.05, 0.1) is 5.52 Å². The molecule has 1 N–H and O–H groups in total. The van der Waals surface area contributed by atoms with Crippen molar-refractivity contribution in [1.82, 2.24) is 15.0 Å². The summed E-state index contributed by atoms with van der Waals surface area (Å²) in [5.41, 5.74) is 1.50. The molecule has 0 aliphatic heterocycles. The molecule has 0 bridgehead atoms. The third-order valence-corrected chi connectivity index (χ3v) is 1.94. The molecule has 0 amide bonds. The molecule has 2 aromatic heterocycles. The highest BCUT2D eigenvalue weighted by atomic mass is 35.5. The van der Waals surface area contributed by atoms with E-state index < -0.39 is 0 Å². The first kappa shape index (κ1) is 9.15. The Kier molecular flexibility index (Phi) is 2.45. The Labute approximate surface area is 86.4 Å². The summed E-state index contributed by atoms with van der Waals surface area (Å²) in [6.45, 7) is 2.77. The summed E-state index contributed by atoms with van der Waals surface area (Å²) in [5.74, 6) is 0.683. The zero-order valence-corrected chi connectivity index (χ0v) is 8.41. The number of fused-ring (bicyclic) bond motifs is 1. The van der Waals surface area contributed by atoms with E-state index >= 15 is 0 Å². The Bertz CT molecular complexity index is 458. The summed E-state index contributed by atoms with van der Waals surface area (Å²) in [4.78, 5) is 12.3. The zero-order chi connectivity index (χ0) is 9.97. The summed E-state index contributed by atoms with van der Waals surface area (Å²) in [5, 5.41) is 3.33. The van der Waals surface area contributed by atoms with Gasteiger partial charge >= 0.3 is 0 Å². The summed E-state index contributed by atoms with van der Waals surface area (Å²) in [6, 6.07) is 3.68. The van der Waals surface area contributed by atoms with Crippen LogP contribution in [-0.4, -0.2) is 21.5 Å². The molecule has 14 heavy (non-hydrogen) atoms. The Balaban J connectivity index is 2.67. The van der Waals surface area contributed by atoms with Gasteiger partial charge < -0.3 is 5.32 Å². The van der Waals surface area contributed by atoms with Crippen molar-refractivity contribution in [3.8, 4) is 0 Å². The number of aromatic nitrogens is 3. The lowest BCUT2D eigenvalue weighted by atomic mass is 10.3. The lowest BCUT2D eigenvalue weighted by Crippen LogP contribution is -2.02. The predicted molar refractivity (Wildman–Crippen MR) is 56.5 cm³/mol. The molecule has 0 aromatic carbocycles. The molecule has 0 unspecified atom stereocenters. The molecule has 0 aliphatic rings. The molecule has 2 heterocycles. The fourth-order valence-corrected chi connectivity index (χ4v) is 1.41. The van der Waals surface area contributed by atoms with E-state index in [4.69, 9.17) is 11.6 Å². The molecule has 0 aliphatic carbocycles. The van der Waals surface area contributed by atoms with Crippen LogP contribution in [0, 0.1) is 0 Å². The third-order valence-electron chi connectivity index (χ3n) is 1.77. The molecule has 0 saturated carbocycles. The van der Waals surface area contributed by atoms with Crippen LogP contribution in [0.15, 0.2) is 18.3 Å². The monoisotopic (exact) mass is 208 g/mol. The van der Waals surface area contributed by atoms with Gasteiger partial charge in [0.15, 0.2) is 5.82 Å². The van der Waals surface area contributed by atoms with E-state index in [2.05, 4.69) is 20.3 Å². The highest BCUT2D eigenvalue weighted by molar-refractivity contribution is 6.28. The summed E-state index contributed by atoms with van der Waals surface area (Å²) in [6.07, 6.45) is 1.71. The van der Waals surface area contributed by atoms with Gasteiger partial charge in [-0.15, -0.1) is 0 Å². The van der Waals surface area contributed by atoms with Gasteiger partial charge in [-0.05, 0) is 30.7 Å². The number of pyridine rings is 1. The second-order valence-electron chi connectivity index (χ2n) is 2.74. The largest absolute Gasteiger partial charge is 0.368 e. The first-order valence-corrected chi connectivity index (χ1v) is 4.71. The van der Waals surface area contributed by atoms with Crippen molar-refractivity contribution in [3.05, 3.63) is 23.6 Å². The fraction of sp³-hybridized carbons (Fsp3) is 0.222. The molecular weight excluding hydrogens is 200 g/mol. The normalized spacial score (nSPS) is 10.4. The number of hydrogen-bond donors (Lipinski definition) is 1. The second-order valence-corrected chi connectivity index (χ2v) is 3.08. The van der Waals surface area contributed by atoms with E-state index in [1.54, 1.807) is 6.20 Å². The standard InChI is InChI=1S/C9H9ClN4/c1-2-11-8-7-6(4-3-5-12-7)13-9(10)14-8/h3-5H,2H2,1H3,(H,11,13,14). The quantitative estimate of drug-likeness (QED) is 0.768. The summed E-state index contributed by atoms with van der Waals surface area (Å²) >= 11 is 5.77. The molecule has 4 nitrogen and oxygen atoms in total. The van der Waals surface area contributed by atoms with Gasteiger partial charge in [0.2, 0.25) is 5.28 Å². The van der Waals surface area contributed by atoms with Crippen LogP contribution in [0.2, 0.25) is 5.28 Å². The molecule has 72 valence electrons. The van der Waals surface area contributed by atoms with Crippen molar-refractivity contribution in [3.63, 3.8) is 0 Å². The van der Waals surface area contributed by atoms with Crippen LogP contribution in [0.1, 0.15) is 6.92 Å². The highest BCUT2D eigenvalue weighted by Gasteiger charge is 2.05. The second kappa shape index (κ2) is 3.75. The Hall–Kier alpha value is -1.42. The molecular formula is C9H9ClN4. The van der Waals surface area contributed by atoms with E-state index in [0.717, 1.165) is 17.6 Å². The maximum Gasteiger partial charge on any atom is 0.225 e. The van der Waals surface area contributed by atoms with E-state index in [0.29, 0.717) is 5.82 Å². The molecule has 0 fully saturated rings. The molecule has 0 atom stereocenters. The van der Waals surface area contributed by atoms with Gasteiger partial charge in [0.25, 0.3) is 0 Å². The zero-order valence-electron chi connectivity index (χ0n) is 7.66. The maximum atomic E-state index is 5.77. The van der Waals surface area contributed by atoms with Gasteiger partial charge in [-0.2, -0.15) is 4.98 Å². The summed E-state index contributed by atoms with van der Waals surface area (Å²) in [7, 11) is 0. The average Bonchev–Trinajstić information content (AvgIpc) is 2.18. The Morgan fingerprint density at radius 2 is 2.29 bits per heavy atom. The fourth-order valence-electron chi connectivity index (χ4n) is 1.23. The topological polar surface area (TPSA) is 50.7 Å². The smallest absolute Gasteiger partial charge is 0.225 e. The SMILES string of the molecule is CCNc1nc(Cl)nc2cccnc12. The van der Waals surface area contributed by atoms with Crippen molar-refractivity contribution >= 4 is 28.5 Å². The number of halogens is 1. The minimum Gasteiger partial charge on any atom is -0.368 e. The minimum atomic E-state index is 0.237. The molecule has 2 rings (SSSR count). The van der Waals surface area contributed by atoms with Crippen LogP contribution in [0.5, 0.6) is 0 Å². The van der Waals surface area contributed by atoms with Gasteiger partial charge in [0.1, 0.15) is 5.52 Å². The highest BCUT2D eigenvalue weighted by Crippen LogP contribution is 2.18.